The number of rotatable bonds is 8. The highest BCUT2D eigenvalue weighted by atomic mass is 79.9. The molecule has 1 heterocycles. The Morgan fingerprint density at radius 1 is 1.11 bits per heavy atom. The molecule has 186 valence electrons. The molecule has 1 atom stereocenters. The number of methoxy groups -OCH3 is 1. The van der Waals surface area contributed by atoms with E-state index in [1.807, 2.05) is 86.7 Å². The van der Waals surface area contributed by atoms with Gasteiger partial charge in [-0.1, -0.05) is 55.0 Å². The minimum Gasteiger partial charge on any atom is -0.493 e. The predicted octanol–water partition coefficient (Wildman–Crippen LogP) is 7.75. The highest BCUT2D eigenvalue weighted by Gasteiger charge is 2.36. The van der Waals surface area contributed by atoms with Crippen LogP contribution in [-0.4, -0.2) is 29.1 Å². The van der Waals surface area contributed by atoms with Crippen molar-refractivity contribution < 1.29 is 14.3 Å². The monoisotopic (exact) mass is 564 g/mol. The van der Waals surface area contributed by atoms with Crippen molar-refractivity contribution in [3.8, 4) is 11.5 Å². The summed E-state index contributed by atoms with van der Waals surface area (Å²) in [7, 11) is 1.61. The maximum atomic E-state index is 13.4. The van der Waals surface area contributed by atoms with E-state index >= 15 is 0 Å². The number of amides is 1. The number of aryl methyl sites for hydroxylation is 1. The van der Waals surface area contributed by atoms with Gasteiger partial charge in [-0.25, -0.2) is 4.99 Å². The summed E-state index contributed by atoms with van der Waals surface area (Å²) in [5.41, 5.74) is 3.90. The van der Waals surface area contributed by atoms with Crippen molar-refractivity contribution in [2.45, 2.75) is 39.8 Å². The normalized spacial score (nSPS) is 16.6. The average molecular weight is 566 g/mol. The highest BCUT2D eigenvalue weighted by Crippen LogP contribution is 2.40. The van der Waals surface area contributed by atoms with Crippen LogP contribution in [0.1, 0.15) is 37.0 Å². The third-order valence-corrected chi connectivity index (χ3v) is 7.47. The van der Waals surface area contributed by atoms with E-state index in [1.165, 1.54) is 17.3 Å². The second-order valence-corrected chi connectivity index (χ2v) is 10.4. The SMILES string of the molecule is CC[C@H](C)N1C(=O)/C(=C\c2cc(Br)c(OCc3ccccc3)c(OC)c2)SC1=Nc1ccc(C)cc1. The van der Waals surface area contributed by atoms with Crippen LogP contribution in [0, 0.1) is 6.92 Å². The van der Waals surface area contributed by atoms with Crippen LogP contribution in [0.4, 0.5) is 5.69 Å². The molecule has 0 radical (unpaired) electrons. The van der Waals surface area contributed by atoms with Crippen LogP contribution >= 0.6 is 27.7 Å². The largest absolute Gasteiger partial charge is 0.493 e. The van der Waals surface area contributed by atoms with Crippen LogP contribution in [0.15, 0.2) is 81.1 Å². The van der Waals surface area contributed by atoms with E-state index in [0.29, 0.717) is 28.2 Å². The summed E-state index contributed by atoms with van der Waals surface area (Å²) >= 11 is 5.02. The lowest BCUT2D eigenvalue weighted by atomic mass is 10.1. The van der Waals surface area contributed by atoms with E-state index in [4.69, 9.17) is 14.5 Å². The number of halogens is 1. The third-order valence-electron chi connectivity index (χ3n) is 5.90. The molecule has 7 heteroatoms. The Morgan fingerprint density at radius 3 is 2.50 bits per heavy atom. The van der Waals surface area contributed by atoms with Crippen molar-refractivity contribution in [3.63, 3.8) is 0 Å². The van der Waals surface area contributed by atoms with E-state index < -0.39 is 0 Å². The van der Waals surface area contributed by atoms with E-state index in [9.17, 15) is 4.79 Å². The topological polar surface area (TPSA) is 51.1 Å². The van der Waals surface area contributed by atoms with Gasteiger partial charge < -0.3 is 9.47 Å². The number of benzene rings is 3. The fourth-order valence-corrected chi connectivity index (χ4v) is 5.37. The van der Waals surface area contributed by atoms with Crippen LogP contribution in [-0.2, 0) is 11.4 Å². The van der Waals surface area contributed by atoms with Crippen molar-refractivity contribution in [2.24, 2.45) is 4.99 Å². The second kappa shape index (κ2) is 11.8. The molecule has 1 amide bonds. The Bertz CT molecular complexity index is 1290. The first-order valence-electron chi connectivity index (χ1n) is 11.8. The predicted molar refractivity (Wildman–Crippen MR) is 152 cm³/mol. The Kier molecular flexibility index (Phi) is 8.54. The van der Waals surface area contributed by atoms with Gasteiger partial charge in [0.2, 0.25) is 0 Å². The van der Waals surface area contributed by atoms with Gasteiger partial charge in [-0.3, -0.25) is 9.69 Å². The lowest BCUT2D eigenvalue weighted by Gasteiger charge is -2.22. The zero-order chi connectivity index (χ0) is 25.7. The van der Waals surface area contributed by atoms with Crippen molar-refractivity contribution >= 4 is 50.5 Å². The summed E-state index contributed by atoms with van der Waals surface area (Å²) in [4.78, 5) is 20.6. The minimum absolute atomic E-state index is 0.0372. The van der Waals surface area contributed by atoms with Crippen LogP contribution in [0.5, 0.6) is 11.5 Å². The first kappa shape index (κ1) is 26.0. The summed E-state index contributed by atoms with van der Waals surface area (Å²) in [6.45, 7) is 6.59. The van der Waals surface area contributed by atoms with Gasteiger partial charge in [-0.05, 0) is 89.4 Å². The van der Waals surface area contributed by atoms with Crippen molar-refractivity contribution in [1.82, 2.24) is 4.90 Å². The first-order chi connectivity index (χ1) is 17.4. The third kappa shape index (κ3) is 6.02. The maximum absolute atomic E-state index is 13.4. The molecule has 0 unspecified atom stereocenters. The fraction of sp³-hybridized carbons (Fsp3) is 0.241. The number of aliphatic imine (C=N–C) groups is 1. The Morgan fingerprint density at radius 2 is 1.83 bits per heavy atom. The number of carbonyl (C=O) groups excluding carboxylic acids is 1. The van der Waals surface area contributed by atoms with Crippen molar-refractivity contribution in [3.05, 3.63) is 92.8 Å². The van der Waals surface area contributed by atoms with Gasteiger partial charge in [-0.15, -0.1) is 0 Å². The Labute approximate surface area is 225 Å². The summed E-state index contributed by atoms with van der Waals surface area (Å²) in [6.07, 6.45) is 2.72. The van der Waals surface area contributed by atoms with Gasteiger partial charge in [0.15, 0.2) is 16.7 Å². The molecule has 0 bridgehead atoms. The van der Waals surface area contributed by atoms with E-state index in [2.05, 4.69) is 22.9 Å². The van der Waals surface area contributed by atoms with Crippen LogP contribution in [0.2, 0.25) is 0 Å². The Balaban J connectivity index is 1.63. The summed E-state index contributed by atoms with van der Waals surface area (Å²) in [6, 6.07) is 21.8. The molecule has 4 rings (SSSR count). The molecular formula is C29H29BrN2O3S. The Hall–Kier alpha value is -3.03. The number of ether oxygens (including phenoxy) is 2. The van der Waals surface area contributed by atoms with Crippen LogP contribution in [0.3, 0.4) is 0 Å². The molecule has 0 saturated carbocycles. The zero-order valence-electron chi connectivity index (χ0n) is 20.8. The van der Waals surface area contributed by atoms with Gasteiger partial charge >= 0.3 is 0 Å². The van der Waals surface area contributed by atoms with E-state index in [-0.39, 0.29) is 11.9 Å². The molecule has 1 aliphatic heterocycles. The first-order valence-corrected chi connectivity index (χ1v) is 13.4. The molecule has 5 nitrogen and oxygen atoms in total. The average Bonchev–Trinajstić information content (AvgIpc) is 3.18. The van der Waals surface area contributed by atoms with Gasteiger partial charge in [-0.2, -0.15) is 0 Å². The van der Waals surface area contributed by atoms with Crippen molar-refractivity contribution in [1.29, 1.82) is 0 Å². The number of thioether (sulfide) groups is 1. The molecular weight excluding hydrogens is 536 g/mol. The maximum Gasteiger partial charge on any atom is 0.266 e. The molecule has 36 heavy (non-hydrogen) atoms. The number of hydrogen-bond donors (Lipinski definition) is 0. The molecule has 1 fully saturated rings. The standard InChI is InChI=1S/C29H29BrN2O3S/c1-5-20(3)32-28(33)26(36-29(32)31-23-13-11-19(2)12-14-23)17-22-15-24(30)27(25(16-22)34-4)35-18-21-9-7-6-8-10-21/h6-17,20H,5,18H2,1-4H3/b26-17+,31-29?/t20-/m0/s1. The van der Waals surface area contributed by atoms with Crippen LogP contribution < -0.4 is 9.47 Å². The summed E-state index contributed by atoms with van der Waals surface area (Å²) in [5, 5.41) is 0.693. The number of hydrogen-bond acceptors (Lipinski definition) is 5. The highest BCUT2D eigenvalue weighted by molar-refractivity contribution is 9.10. The smallest absolute Gasteiger partial charge is 0.266 e. The molecule has 0 aliphatic carbocycles. The molecule has 1 saturated heterocycles. The molecule has 0 N–H and O–H groups in total. The zero-order valence-corrected chi connectivity index (χ0v) is 23.2. The van der Waals surface area contributed by atoms with Gasteiger partial charge in [0.1, 0.15) is 6.61 Å². The molecule has 3 aromatic rings. The summed E-state index contributed by atoms with van der Waals surface area (Å²) in [5.74, 6) is 1.17. The fourth-order valence-electron chi connectivity index (χ4n) is 3.71. The van der Waals surface area contributed by atoms with E-state index in [0.717, 1.165) is 27.7 Å². The lowest BCUT2D eigenvalue weighted by Crippen LogP contribution is -2.36. The van der Waals surface area contributed by atoms with Crippen molar-refractivity contribution in [2.75, 3.05) is 7.11 Å². The number of nitrogens with zero attached hydrogens (tertiary/aromatic N) is 2. The quantitative estimate of drug-likeness (QED) is 0.262. The van der Waals surface area contributed by atoms with E-state index in [1.54, 1.807) is 12.0 Å². The second-order valence-electron chi connectivity index (χ2n) is 8.58. The minimum atomic E-state index is -0.0419. The molecule has 3 aromatic carbocycles. The summed E-state index contributed by atoms with van der Waals surface area (Å²) < 4.78 is 12.4. The number of carbonyl (C=O) groups is 1. The van der Waals surface area contributed by atoms with Gasteiger partial charge in [0, 0.05) is 6.04 Å². The lowest BCUT2D eigenvalue weighted by molar-refractivity contribution is -0.123. The molecule has 0 spiro atoms. The van der Waals surface area contributed by atoms with Crippen LogP contribution in [0.25, 0.3) is 6.08 Å². The molecule has 0 aromatic heterocycles. The number of amidine groups is 1. The van der Waals surface area contributed by atoms with Gasteiger partial charge in [0.05, 0.1) is 22.2 Å². The van der Waals surface area contributed by atoms with Gasteiger partial charge in [0.25, 0.3) is 5.91 Å². The molecule has 1 aliphatic rings.